The number of amides is 2. The minimum absolute atomic E-state index is 0.246. The molecule has 0 atom stereocenters. The van der Waals surface area contributed by atoms with E-state index in [2.05, 4.69) is 15.6 Å². The van der Waals surface area contributed by atoms with E-state index in [9.17, 15) is 9.59 Å². The van der Waals surface area contributed by atoms with Gasteiger partial charge < -0.3 is 15.2 Å². The first-order chi connectivity index (χ1) is 11.5. The summed E-state index contributed by atoms with van der Waals surface area (Å²) in [5.41, 5.74) is 8.34. The van der Waals surface area contributed by atoms with Crippen LogP contribution < -0.4 is 20.6 Å². The lowest BCUT2D eigenvalue weighted by atomic mass is 10.2. The minimum Gasteiger partial charge on any atom is -0.493 e. The second-order valence-corrected chi connectivity index (χ2v) is 4.74. The highest BCUT2D eigenvalue weighted by Crippen LogP contribution is 2.27. The van der Waals surface area contributed by atoms with Gasteiger partial charge in [0.05, 0.1) is 13.3 Å². The monoisotopic (exact) mass is 331 g/mol. The Balaban J connectivity index is 2.01. The lowest BCUT2D eigenvalue weighted by Crippen LogP contribution is -2.20. The fourth-order valence-corrected chi connectivity index (χ4v) is 1.79. The van der Waals surface area contributed by atoms with Gasteiger partial charge in [-0.2, -0.15) is 10.2 Å². The van der Waals surface area contributed by atoms with Crippen LogP contribution in [-0.4, -0.2) is 41.5 Å². The second kappa shape index (κ2) is 7.77. The van der Waals surface area contributed by atoms with E-state index in [0.29, 0.717) is 17.1 Å². The van der Waals surface area contributed by atoms with Crippen LogP contribution in [0.1, 0.15) is 16.1 Å². The number of ether oxygens (including phenoxy) is 2. The SMILES string of the molecule is COc1cc(/C=N\NC(=O)c2ccn(C)n2)ccc1OCC(N)=O. The van der Waals surface area contributed by atoms with E-state index in [1.54, 1.807) is 37.5 Å². The number of hydrazone groups is 1. The molecule has 0 radical (unpaired) electrons. The maximum Gasteiger partial charge on any atom is 0.291 e. The van der Waals surface area contributed by atoms with Crippen molar-refractivity contribution in [1.82, 2.24) is 15.2 Å². The topological polar surface area (TPSA) is 121 Å². The van der Waals surface area contributed by atoms with E-state index in [1.165, 1.54) is 18.0 Å². The molecule has 0 bridgehead atoms. The highest BCUT2D eigenvalue weighted by molar-refractivity contribution is 5.93. The van der Waals surface area contributed by atoms with Gasteiger partial charge in [0.1, 0.15) is 0 Å². The number of methoxy groups -OCH3 is 1. The van der Waals surface area contributed by atoms with Gasteiger partial charge in [0.25, 0.3) is 11.8 Å². The van der Waals surface area contributed by atoms with Crippen molar-refractivity contribution in [3.05, 3.63) is 41.7 Å². The molecule has 0 saturated carbocycles. The molecule has 2 amide bonds. The fourth-order valence-electron chi connectivity index (χ4n) is 1.79. The predicted octanol–water partition coefficient (Wildman–Crippen LogP) is 0.0567. The summed E-state index contributed by atoms with van der Waals surface area (Å²) in [5, 5.41) is 7.83. The number of aryl methyl sites for hydroxylation is 1. The summed E-state index contributed by atoms with van der Waals surface area (Å²) < 4.78 is 11.9. The number of nitrogens with one attached hydrogen (secondary N) is 1. The van der Waals surface area contributed by atoms with Gasteiger partial charge in [-0.15, -0.1) is 0 Å². The Morgan fingerprint density at radius 1 is 1.38 bits per heavy atom. The number of carbonyl (C=O) groups is 2. The smallest absolute Gasteiger partial charge is 0.291 e. The Hall–Kier alpha value is -3.36. The summed E-state index contributed by atoms with van der Waals surface area (Å²) in [6.45, 7) is -0.246. The van der Waals surface area contributed by atoms with Crippen LogP contribution in [0, 0.1) is 0 Å². The molecule has 0 spiro atoms. The summed E-state index contributed by atoms with van der Waals surface area (Å²) in [6.07, 6.45) is 3.11. The van der Waals surface area contributed by atoms with Crippen LogP contribution in [-0.2, 0) is 11.8 Å². The third kappa shape index (κ3) is 4.57. The molecule has 1 heterocycles. The lowest BCUT2D eigenvalue weighted by Gasteiger charge is -2.09. The third-order valence-electron chi connectivity index (χ3n) is 2.88. The van der Waals surface area contributed by atoms with Crippen molar-refractivity contribution < 1.29 is 19.1 Å². The number of benzene rings is 1. The standard InChI is InChI=1S/C15H17N5O4/c1-20-6-5-11(19-20)15(22)18-17-8-10-3-4-12(13(7-10)23-2)24-9-14(16)21/h3-8H,9H2,1-2H3,(H2,16,21)(H,18,22)/b17-8-. The van der Waals surface area contributed by atoms with Gasteiger partial charge in [0.2, 0.25) is 0 Å². The quantitative estimate of drug-likeness (QED) is 0.549. The Morgan fingerprint density at radius 3 is 2.79 bits per heavy atom. The third-order valence-corrected chi connectivity index (χ3v) is 2.88. The molecule has 0 saturated heterocycles. The first kappa shape index (κ1) is 17.0. The normalized spacial score (nSPS) is 10.6. The Morgan fingerprint density at radius 2 is 2.17 bits per heavy atom. The zero-order chi connectivity index (χ0) is 17.5. The maximum atomic E-state index is 11.8. The van der Waals surface area contributed by atoms with E-state index < -0.39 is 11.8 Å². The van der Waals surface area contributed by atoms with Crippen LogP contribution >= 0.6 is 0 Å². The number of hydrogen-bond acceptors (Lipinski definition) is 6. The van der Waals surface area contributed by atoms with Crippen LogP contribution in [0.25, 0.3) is 0 Å². The Labute approximate surface area is 138 Å². The van der Waals surface area contributed by atoms with Crippen LogP contribution in [0.2, 0.25) is 0 Å². The van der Waals surface area contributed by atoms with Gasteiger partial charge in [-0.05, 0) is 29.8 Å². The highest BCUT2D eigenvalue weighted by atomic mass is 16.5. The van der Waals surface area contributed by atoms with Crippen molar-refractivity contribution in [3.63, 3.8) is 0 Å². The van der Waals surface area contributed by atoms with Gasteiger partial charge in [-0.3, -0.25) is 14.3 Å². The van der Waals surface area contributed by atoms with Crippen LogP contribution in [0.15, 0.2) is 35.6 Å². The van der Waals surface area contributed by atoms with E-state index in [0.717, 1.165) is 0 Å². The van der Waals surface area contributed by atoms with Gasteiger partial charge in [-0.1, -0.05) is 0 Å². The fraction of sp³-hybridized carbons (Fsp3) is 0.200. The van der Waals surface area contributed by atoms with Crippen molar-refractivity contribution in [2.24, 2.45) is 17.9 Å². The zero-order valence-electron chi connectivity index (χ0n) is 13.2. The largest absolute Gasteiger partial charge is 0.493 e. The van der Waals surface area contributed by atoms with Crippen molar-refractivity contribution in [3.8, 4) is 11.5 Å². The average Bonchev–Trinajstić information content (AvgIpc) is 2.99. The minimum atomic E-state index is -0.583. The summed E-state index contributed by atoms with van der Waals surface area (Å²) in [4.78, 5) is 22.5. The summed E-state index contributed by atoms with van der Waals surface area (Å²) in [5.74, 6) is -0.206. The van der Waals surface area contributed by atoms with Crippen molar-refractivity contribution in [2.45, 2.75) is 0 Å². The summed E-state index contributed by atoms with van der Waals surface area (Å²) in [6, 6.07) is 6.53. The number of primary amides is 1. The van der Waals surface area contributed by atoms with Crippen molar-refractivity contribution >= 4 is 18.0 Å². The molecule has 126 valence electrons. The molecule has 1 aromatic heterocycles. The number of carbonyl (C=O) groups excluding carboxylic acids is 2. The van der Waals surface area contributed by atoms with Gasteiger partial charge in [0, 0.05) is 13.2 Å². The molecule has 2 aromatic rings. The van der Waals surface area contributed by atoms with Crippen LogP contribution in [0.5, 0.6) is 11.5 Å². The van der Waals surface area contributed by atoms with Crippen molar-refractivity contribution in [1.29, 1.82) is 0 Å². The lowest BCUT2D eigenvalue weighted by molar-refractivity contribution is -0.119. The average molecular weight is 331 g/mol. The van der Waals surface area contributed by atoms with Gasteiger partial charge in [-0.25, -0.2) is 5.43 Å². The second-order valence-electron chi connectivity index (χ2n) is 4.74. The number of nitrogens with two attached hydrogens (primary N) is 1. The molecule has 0 aliphatic carbocycles. The number of nitrogens with zero attached hydrogens (tertiary/aromatic N) is 3. The van der Waals surface area contributed by atoms with Gasteiger partial charge in [0.15, 0.2) is 23.8 Å². The van der Waals surface area contributed by atoms with E-state index in [4.69, 9.17) is 15.2 Å². The summed E-state index contributed by atoms with van der Waals surface area (Å²) >= 11 is 0. The molecule has 0 aliphatic heterocycles. The van der Waals surface area contributed by atoms with Gasteiger partial charge >= 0.3 is 0 Å². The number of rotatable bonds is 7. The molecule has 9 heteroatoms. The van der Waals surface area contributed by atoms with Crippen LogP contribution in [0.3, 0.4) is 0 Å². The molecule has 2 rings (SSSR count). The molecule has 0 fully saturated rings. The van der Waals surface area contributed by atoms with Crippen LogP contribution in [0.4, 0.5) is 0 Å². The number of hydrogen-bond donors (Lipinski definition) is 2. The molecule has 0 aliphatic rings. The predicted molar refractivity (Wildman–Crippen MR) is 86.0 cm³/mol. The molecular formula is C15H17N5O4. The molecule has 1 aromatic carbocycles. The van der Waals surface area contributed by atoms with E-state index in [-0.39, 0.29) is 12.3 Å². The van der Waals surface area contributed by atoms with E-state index >= 15 is 0 Å². The molecule has 24 heavy (non-hydrogen) atoms. The summed E-state index contributed by atoms with van der Waals surface area (Å²) in [7, 11) is 3.18. The first-order valence-corrected chi connectivity index (χ1v) is 6.92. The molecule has 0 unspecified atom stereocenters. The van der Waals surface area contributed by atoms with E-state index in [1.807, 2.05) is 0 Å². The maximum absolute atomic E-state index is 11.8. The molecular weight excluding hydrogens is 314 g/mol. The Bertz CT molecular complexity index is 769. The molecule has 9 nitrogen and oxygen atoms in total. The Kier molecular flexibility index (Phi) is 5.50. The number of aromatic nitrogens is 2. The first-order valence-electron chi connectivity index (χ1n) is 6.92. The van der Waals surface area contributed by atoms with Crippen molar-refractivity contribution in [2.75, 3.05) is 13.7 Å². The highest BCUT2D eigenvalue weighted by Gasteiger charge is 2.08. The zero-order valence-corrected chi connectivity index (χ0v) is 13.2. The molecule has 3 N–H and O–H groups in total.